The fourth-order valence-corrected chi connectivity index (χ4v) is 7.58. The van der Waals surface area contributed by atoms with E-state index >= 15 is 0 Å². The highest BCUT2D eigenvalue weighted by Crippen LogP contribution is 2.49. The molecule has 45 heavy (non-hydrogen) atoms. The normalized spacial score (nSPS) is 30.4. The largest absolute Gasteiger partial charge is 0.433 e. The minimum absolute atomic E-state index is 0.0217. The van der Waals surface area contributed by atoms with Gasteiger partial charge in [0.05, 0.1) is 17.7 Å². The number of carbonyl (C=O) groups excluding carboxylic acids is 2. The molecule has 0 radical (unpaired) electrons. The number of aliphatic hydroxyl groups excluding tert-OH is 5. The number of ether oxygens (including phenoxy) is 2. The second-order valence-corrected chi connectivity index (χ2v) is 14.0. The molecule has 0 spiro atoms. The van der Waals surface area contributed by atoms with Crippen LogP contribution in [0.3, 0.4) is 0 Å². The molecule has 1 aliphatic carbocycles. The van der Waals surface area contributed by atoms with E-state index in [2.05, 4.69) is 18.8 Å². The number of rotatable bonds is 11. The third kappa shape index (κ3) is 8.16. The molecule has 4 rings (SSSR count). The Labute approximate surface area is 272 Å². The molecule has 0 bridgehead atoms. The molecule has 5 N–H and O–H groups in total. The molecule has 0 amide bonds. The van der Waals surface area contributed by atoms with Crippen molar-refractivity contribution in [3.05, 3.63) is 46.3 Å². The zero-order valence-electron chi connectivity index (χ0n) is 25.8. The van der Waals surface area contributed by atoms with Crippen molar-refractivity contribution in [1.82, 2.24) is 0 Å². The lowest BCUT2D eigenvalue weighted by atomic mass is 9.79. The summed E-state index contributed by atoms with van der Waals surface area (Å²) in [6, 6.07) is 7.98. The summed E-state index contributed by atoms with van der Waals surface area (Å²) in [4.78, 5) is 26.6. The summed E-state index contributed by atoms with van der Waals surface area (Å²) in [5.74, 6) is 5.28. The van der Waals surface area contributed by atoms with Gasteiger partial charge in [0.2, 0.25) is 6.29 Å². The van der Waals surface area contributed by atoms with Crippen molar-refractivity contribution in [2.45, 2.75) is 96.1 Å². The van der Waals surface area contributed by atoms with Gasteiger partial charge in [-0.3, -0.25) is 9.59 Å². The van der Waals surface area contributed by atoms with E-state index in [4.69, 9.17) is 21.1 Å². The van der Waals surface area contributed by atoms with Crippen molar-refractivity contribution in [1.29, 1.82) is 0 Å². The van der Waals surface area contributed by atoms with Gasteiger partial charge in [0.15, 0.2) is 0 Å². The lowest BCUT2D eigenvalue weighted by molar-refractivity contribution is -0.292. The molecule has 246 valence electrons. The van der Waals surface area contributed by atoms with Gasteiger partial charge in [-0.25, -0.2) is 0 Å². The summed E-state index contributed by atoms with van der Waals surface area (Å²) in [5, 5.41) is 51.5. The van der Waals surface area contributed by atoms with Gasteiger partial charge >= 0.3 is 5.97 Å². The van der Waals surface area contributed by atoms with E-state index in [9.17, 15) is 35.1 Å². The molecule has 9 nitrogen and oxygen atoms in total. The van der Waals surface area contributed by atoms with Gasteiger partial charge < -0.3 is 35.0 Å². The monoisotopic (exact) mass is 662 g/mol. The van der Waals surface area contributed by atoms with Crippen LogP contribution in [0.2, 0.25) is 5.02 Å². The van der Waals surface area contributed by atoms with Crippen LogP contribution in [-0.2, 0) is 25.5 Å². The SMILES string of the molecule is C[C@H]1C(/C=C/C(O)CCc2sc3ccccc3c2Cl)[C@@H](CC#CCCCC(=O)OC2O[C@H](CO)[C@@H](O)[C@H](O)[C@H]2O)C(=O)C1(C)C. The van der Waals surface area contributed by atoms with Gasteiger partial charge in [0.25, 0.3) is 0 Å². The molecule has 1 aromatic heterocycles. The number of halogens is 1. The highest BCUT2D eigenvalue weighted by molar-refractivity contribution is 7.19. The number of hydrogen-bond donors (Lipinski definition) is 5. The molecule has 3 unspecified atom stereocenters. The molecule has 9 atom stereocenters. The molecule has 2 heterocycles. The minimum Gasteiger partial charge on any atom is -0.433 e. The van der Waals surface area contributed by atoms with E-state index in [1.165, 1.54) is 0 Å². The number of esters is 1. The number of fused-ring (bicyclic) bond motifs is 1. The molecule has 1 aromatic carbocycles. The average Bonchev–Trinajstić information content (AvgIpc) is 3.42. The Balaban J connectivity index is 1.26. The number of thiophene rings is 1. The molecule has 2 aliphatic rings. The fourth-order valence-electron chi connectivity index (χ4n) is 6.04. The van der Waals surface area contributed by atoms with Crippen LogP contribution < -0.4 is 0 Å². The van der Waals surface area contributed by atoms with E-state index in [-0.39, 0.29) is 30.0 Å². The lowest BCUT2D eigenvalue weighted by Gasteiger charge is -2.39. The highest BCUT2D eigenvalue weighted by Gasteiger charge is 2.51. The maximum absolute atomic E-state index is 13.3. The van der Waals surface area contributed by atoms with Crippen molar-refractivity contribution in [3.63, 3.8) is 0 Å². The number of allylic oxidation sites excluding steroid dienone is 1. The van der Waals surface area contributed by atoms with Crippen molar-refractivity contribution >= 4 is 44.8 Å². The smallest absolute Gasteiger partial charge is 0.308 e. The second-order valence-electron chi connectivity index (χ2n) is 12.5. The Hall–Kier alpha value is -2.33. The molecule has 11 heteroatoms. The van der Waals surface area contributed by atoms with Crippen molar-refractivity contribution in [2.75, 3.05) is 6.61 Å². The molecule has 2 aromatic rings. The van der Waals surface area contributed by atoms with Crippen LogP contribution in [0.4, 0.5) is 0 Å². The summed E-state index contributed by atoms with van der Waals surface area (Å²) in [6.07, 6.45) is -2.13. The fraction of sp³-hybridized carbons (Fsp3) is 0.588. The third-order valence-corrected chi connectivity index (χ3v) is 11.0. The van der Waals surface area contributed by atoms with Gasteiger partial charge in [-0.1, -0.05) is 62.7 Å². The topological polar surface area (TPSA) is 154 Å². The van der Waals surface area contributed by atoms with E-state index in [0.29, 0.717) is 32.1 Å². The van der Waals surface area contributed by atoms with Gasteiger partial charge in [-0.15, -0.1) is 23.2 Å². The van der Waals surface area contributed by atoms with E-state index in [0.717, 1.165) is 20.0 Å². The van der Waals surface area contributed by atoms with E-state index in [1.807, 2.05) is 44.2 Å². The predicted molar refractivity (Wildman–Crippen MR) is 171 cm³/mol. The van der Waals surface area contributed by atoms with E-state index < -0.39 is 54.8 Å². The molecule has 1 aliphatic heterocycles. The Kier molecular flexibility index (Phi) is 12.2. The number of carbonyl (C=O) groups is 2. The van der Waals surface area contributed by atoms with Gasteiger partial charge in [-0.2, -0.15) is 0 Å². The van der Waals surface area contributed by atoms with Crippen LogP contribution in [0.15, 0.2) is 36.4 Å². The summed E-state index contributed by atoms with van der Waals surface area (Å²) in [6.45, 7) is 5.35. The zero-order valence-corrected chi connectivity index (χ0v) is 27.3. The first-order chi connectivity index (χ1) is 21.4. The maximum Gasteiger partial charge on any atom is 0.308 e. The van der Waals surface area contributed by atoms with Crippen LogP contribution in [-0.4, -0.2) is 80.7 Å². The number of aliphatic hydroxyl groups is 5. The third-order valence-electron chi connectivity index (χ3n) is 9.20. The van der Waals surface area contributed by atoms with Crippen LogP contribution >= 0.6 is 22.9 Å². The van der Waals surface area contributed by atoms with Crippen LogP contribution in [0.25, 0.3) is 10.1 Å². The molecule has 2 fully saturated rings. The zero-order chi connectivity index (χ0) is 32.9. The predicted octanol–water partition coefficient (Wildman–Crippen LogP) is 3.79. The number of aryl methyl sites for hydroxylation is 1. The Bertz CT molecular complexity index is 1420. The highest BCUT2D eigenvalue weighted by atomic mass is 35.5. The summed E-state index contributed by atoms with van der Waals surface area (Å²) < 4.78 is 11.4. The number of Topliss-reactive ketones (excluding diaryl/α,β-unsaturated/α-hetero) is 1. The molecule has 1 saturated carbocycles. The molecular formula is C34H43ClO9S. The quantitative estimate of drug-likeness (QED) is 0.105. The van der Waals surface area contributed by atoms with Crippen molar-refractivity contribution in [2.24, 2.45) is 23.2 Å². The Morgan fingerprint density at radius 2 is 1.91 bits per heavy atom. The lowest BCUT2D eigenvalue weighted by Crippen LogP contribution is -2.59. The Morgan fingerprint density at radius 1 is 1.18 bits per heavy atom. The number of benzene rings is 1. The van der Waals surface area contributed by atoms with Crippen LogP contribution in [0.1, 0.15) is 57.8 Å². The van der Waals surface area contributed by atoms with E-state index in [1.54, 1.807) is 17.4 Å². The summed E-state index contributed by atoms with van der Waals surface area (Å²) in [5.41, 5.74) is -0.523. The van der Waals surface area contributed by atoms with Crippen molar-refractivity contribution < 1.29 is 44.6 Å². The Morgan fingerprint density at radius 3 is 2.62 bits per heavy atom. The first-order valence-corrected chi connectivity index (χ1v) is 16.6. The maximum atomic E-state index is 13.3. The van der Waals surface area contributed by atoms with Gasteiger partial charge in [0.1, 0.15) is 30.2 Å². The number of hydrogen-bond acceptors (Lipinski definition) is 10. The van der Waals surface area contributed by atoms with Gasteiger partial charge in [-0.05, 0) is 37.2 Å². The summed E-state index contributed by atoms with van der Waals surface area (Å²) in [7, 11) is 0. The first-order valence-electron chi connectivity index (χ1n) is 15.4. The average molecular weight is 663 g/mol. The van der Waals surface area contributed by atoms with Crippen LogP contribution in [0.5, 0.6) is 0 Å². The number of unbranched alkanes of at least 4 members (excludes halogenated alkanes) is 1. The van der Waals surface area contributed by atoms with Crippen LogP contribution in [0, 0.1) is 35.0 Å². The second kappa shape index (κ2) is 15.5. The first kappa shape index (κ1) is 35.5. The van der Waals surface area contributed by atoms with Crippen molar-refractivity contribution in [3.8, 4) is 11.8 Å². The minimum atomic E-state index is -1.65. The standard InChI is InChI=1S/C34H43ClO9S/c1-19-21(16-14-20(37)15-17-26-28(35)23-11-8-9-12-25(23)45-26)22(32(42)34(19,2)3)10-6-4-5-7-13-27(38)44-33-31(41)30(40)29(39)24(18-36)43-33/h8-9,11-12,14,16,19-22,24,29-31,33,36-37,39-41H,5,7,10,13,15,17-18H2,1-3H3/b16-14+/t19-,20?,21?,22+,24+,29+,30-,31+,33?/m0/s1. The van der Waals surface area contributed by atoms with Gasteiger partial charge in [0, 0.05) is 45.6 Å². The molecular weight excluding hydrogens is 620 g/mol. The number of ketones is 1. The summed E-state index contributed by atoms with van der Waals surface area (Å²) >= 11 is 8.21. The molecule has 1 saturated heterocycles.